The fourth-order valence-electron chi connectivity index (χ4n) is 2.13. The Morgan fingerprint density at radius 2 is 1.92 bits per heavy atom. The first kappa shape index (κ1) is 22.5. The molecule has 0 aromatic rings. The third-order valence-electron chi connectivity index (χ3n) is 3.37. The lowest BCUT2D eigenvalue weighted by atomic mass is 10.0. The van der Waals surface area contributed by atoms with Crippen molar-refractivity contribution in [3.8, 4) is 0 Å². The Hall–Kier alpha value is -0.510. The van der Waals surface area contributed by atoms with Crippen molar-refractivity contribution in [1.29, 1.82) is 0 Å². The summed E-state index contributed by atoms with van der Waals surface area (Å²) >= 11 is 0.629. The number of hydrogen-bond acceptors (Lipinski definition) is 11. The molecule has 148 valence electrons. The molecule has 6 atom stereocenters. The third-order valence-corrected chi connectivity index (χ3v) is 4.76. The molecular formula is C12H23NO10S2. The SMILES string of the molecule is CCC[C@H](O)C/C(=N\OS(=O)(=O)O)S[C@H]1O[C@H](CO)[C@H](O)[C@H](O)[C@H]1O. The number of hydrogen-bond donors (Lipinski definition) is 6. The van der Waals surface area contributed by atoms with Crippen LogP contribution >= 0.6 is 11.8 Å². The zero-order valence-corrected chi connectivity index (χ0v) is 15.0. The fraction of sp³-hybridized carbons (Fsp3) is 0.917. The molecule has 0 unspecified atom stereocenters. The van der Waals surface area contributed by atoms with Crippen molar-refractivity contribution in [3.05, 3.63) is 0 Å². The molecule has 0 aliphatic carbocycles. The van der Waals surface area contributed by atoms with Crippen LogP contribution in [0, 0.1) is 0 Å². The van der Waals surface area contributed by atoms with Crippen LogP contribution in [-0.2, 0) is 19.4 Å². The Labute approximate surface area is 149 Å². The second-order valence-electron chi connectivity index (χ2n) is 5.45. The molecule has 1 aliphatic rings. The maximum Gasteiger partial charge on any atom is 0.466 e. The molecule has 0 bridgehead atoms. The third kappa shape index (κ3) is 7.32. The van der Waals surface area contributed by atoms with Gasteiger partial charge in [-0.3, -0.25) is 4.55 Å². The van der Waals surface area contributed by atoms with Crippen LogP contribution in [0.3, 0.4) is 0 Å². The van der Waals surface area contributed by atoms with E-state index < -0.39 is 53.0 Å². The minimum Gasteiger partial charge on any atom is -0.394 e. The Morgan fingerprint density at radius 1 is 1.28 bits per heavy atom. The number of thioether (sulfide) groups is 1. The van der Waals surface area contributed by atoms with E-state index in [1.807, 2.05) is 6.92 Å². The van der Waals surface area contributed by atoms with Crippen LogP contribution < -0.4 is 0 Å². The zero-order chi connectivity index (χ0) is 19.2. The minimum atomic E-state index is -4.87. The van der Waals surface area contributed by atoms with Gasteiger partial charge in [0, 0.05) is 6.42 Å². The van der Waals surface area contributed by atoms with E-state index in [4.69, 9.17) is 14.4 Å². The molecule has 1 fully saturated rings. The predicted octanol–water partition coefficient (Wildman–Crippen LogP) is -1.80. The van der Waals surface area contributed by atoms with Crippen molar-refractivity contribution >= 4 is 27.2 Å². The van der Waals surface area contributed by atoms with Gasteiger partial charge < -0.3 is 30.3 Å². The lowest BCUT2D eigenvalue weighted by Gasteiger charge is -2.39. The molecule has 6 N–H and O–H groups in total. The van der Waals surface area contributed by atoms with E-state index in [9.17, 15) is 28.8 Å². The molecule has 1 rings (SSSR count). The highest BCUT2D eigenvalue weighted by Gasteiger charge is 2.44. The van der Waals surface area contributed by atoms with E-state index >= 15 is 0 Å². The van der Waals surface area contributed by atoms with Gasteiger partial charge >= 0.3 is 10.4 Å². The standard InChI is InChI=1S/C12H23NO10S2/c1-2-3-6(15)4-8(13-23-25(19,20)21)24-12-11(18)10(17)9(16)7(5-14)22-12/h6-7,9-12,14-18H,2-5H2,1H3,(H,19,20,21)/b13-8+/t6-,7+,9-,10-,11+,12+/m0/s1. The first-order valence-corrected chi connectivity index (χ1v) is 9.71. The van der Waals surface area contributed by atoms with Crippen LogP contribution in [0.25, 0.3) is 0 Å². The maximum atomic E-state index is 10.7. The molecule has 13 heteroatoms. The zero-order valence-electron chi connectivity index (χ0n) is 13.4. The van der Waals surface area contributed by atoms with E-state index in [1.165, 1.54) is 0 Å². The van der Waals surface area contributed by atoms with Gasteiger partial charge in [-0.15, -0.1) is 0 Å². The monoisotopic (exact) mass is 405 g/mol. The van der Waals surface area contributed by atoms with Gasteiger partial charge in [-0.2, -0.15) is 8.42 Å². The first-order chi connectivity index (χ1) is 11.6. The highest BCUT2D eigenvalue weighted by atomic mass is 32.3. The summed E-state index contributed by atoms with van der Waals surface area (Å²) in [5.41, 5.74) is -1.23. The van der Waals surface area contributed by atoms with E-state index in [2.05, 4.69) is 9.44 Å². The number of rotatable bonds is 8. The molecule has 1 aliphatic heterocycles. The molecule has 0 spiro atoms. The summed E-state index contributed by atoms with van der Waals surface area (Å²) in [4.78, 5) is 0. The van der Waals surface area contributed by atoms with Crippen molar-refractivity contribution < 1.29 is 47.5 Å². The van der Waals surface area contributed by atoms with Gasteiger partial charge in [0.25, 0.3) is 0 Å². The van der Waals surface area contributed by atoms with E-state index in [0.717, 1.165) is 0 Å². The van der Waals surface area contributed by atoms with Gasteiger partial charge in [-0.25, -0.2) is 4.28 Å². The number of aliphatic hydroxyl groups excluding tert-OH is 5. The summed E-state index contributed by atoms with van der Waals surface area (Å²) < 4.78 is 39.1. The summed E-state index contributed by atoms with van der Waals surface area (Å²) in [6.45, 7) is 1.19. The number of aliphatic hydroxyl groups is 5. The molecule has 0 saturated carbocycles. The first-order valence-electron chi connectivity index (χ1n) is 7.47. The average Bonchev–Trinajstić information content (AvgIpc) is 2.52. The van der Waals surface area contributed by atoms with Crippen LogP contribution in [0.15, 0.2) is 5.16 Å². The molecule has 0 amide bonds. The summed E-state index contributed by atoms with van der Waals surface area (Å²) in [6.07, 6.45) is -5.94. The number of oxime groups is 1. The largest absolute Gasteiger partial charge is 0.466 e. The van der Waals surface area contributed by atoms with Crippen LogP contribution in [0.2, 0.25) is 0 Å². The molecule has 1 heterocycles. The van der Waals surface area contributed by atoms with Crippen molar-refractivity contribution in [1.82, 2.24) is 0 Å². The van der Waals surface area contributed by atoms with Crippen LogP contribution in [0.5, 0.6) is 0 Å². The van der Waals surface area contributed by atoms with Crippen molar-refractivity contribution in [2.45, 2.75) is 62.1 Å². The average molecular weight is 405 g/mol. The maximum absolute atomic E-state index is 10.7. The Kier molecular flexibility index (Phi) is 9.00. The molecule has 11 nitrogen and oxygen atoms in total. The van der Waals surface area contributed by atoms with Gasteiger partial charge in [0.15, 0.2) is 0 Å². The summed E-state index contributed by atoms with van der Waals surface area (Å²) in [6, 6.07) is 0. The minimum absolute atomic E-state index is 0.136. The van der Waals surface area contributed by atoms with Crippen molar-refractivity contribution in [2.75, 3.05) is 6.61 Å². The fourth-order valence-corrected chi connectivity index (χ4v) is 3.50. The van der Waals surface area contributed by atoms with E-state index in [-0.39, 0.29) is 11.5 Å². The molecule has 25 heavy (non-hydrogen) atoms. The normalized spacial score (nSPS) is 32.4. The smallest absolute Gasteiger partial charge is 0.394 e. The highest BCUT2D eigenvalue weighted by Crippen LogP contribution is 2.30. The quantitative estimate of drug-likeness (QED) is 0.116. The van der Waals surface area contributed by atoms with E-state index in [0.29, 0.717) is 24.6 Å². The number of nitrogens with zero attached hydrogens (tertiary/aromatic N) is 1. The van der Waals surface area contributed by atoms with Crippen molar-refractivity contribution in [3.63, 3.8) is 0 Å². The topological polar surface area (TPSA) is 186 Å². The van der Waals surface area contributed by atoms with Crippen LogP contribution in [-0.4, -0.2) is 86.1 Å². The molecule has 0 aromatic heterocycles. The van der Waals surface area contributed by atoms with Crippen molar-refractivity contribution in [2.24, 2.45) is 5.16 Å². The summed E-state index contributed by atoms with van der Waals surface area (Å²) in [5.74, 6) is 0. The van der Waals surface area contributed by atoms with Gasteiger partial charge in [-0.05, 0) is 6.42 Å². The van der Waals surface area contributed by atoms with Gasteiger partial charge in [0.1, 0.15) is 34.9 Å². The molecule has 0 aromatic carbocycles. The Bertz CT molecular complexity index is 540. The molecular weight excluding hydrogens is 382 g/mol. The van der Waals surface area contributed by atoms with Gasteiger partial charge in [0.05, 0.1) is 12.7 Å². The van der Waals surface area contributed by atoms with Gasteiger partial charge in [0.2, 0.25) is 0 Å². The Balaban J connectivity index is 2.90. The second-order valence-corrected chi connectivity index (χ2v) is 7.63. The summed E-state index contributed by atoms with van der Waals surface area (Å²) in [5, 5.41) is 51.5. The lowest BCUT2D eigenvalue weighted by Crippen LogP contribution is -2.57. The molecule has 0 radical (unpaired) electrons. The molecule has 1 saturated heterocycles. The van der Waals surface area contributed by atoms with Gasteiger partial charge in [-0.1, -0.05) is 30.3 Å². The van der Waals surface area contributed by atoms with Crippen LogP contribution in [0.4, 0.5) is 0 Å². The Morgan fingerprint density at radius 3 is 2.44 bits per heavy atom. The summed E-state index contributed by atoms with van der Waals surface area (Å²) in [7, 11) is -4.87. The van der Waals surface area contributed by atoms with Crippen LogP contribution in [0.1, 0.15) is 26.2 Å². The second kappa shape index (κ2) is 9.99. The predicted molar refractivity (Wildman–Crippen MR) is 87.0 cm³/mol. The van der Waals surface area contributed by atoms with E-state index in [1.54, 1.807) is 0 Å². The highest BCUT2D eigenvalue weighted by molar-refractivity contribution is 8.14. The number of ether oxygens (including phenoxy) is 1. The lowest BCUT2D eigenvalue weighted by molar-refractivity contribution is -0.205.